The lowest BCUT2D eigenvalue weighted by Crippen LogP contribution is -2.38. The van der Waals surface area contributed by atoms with Crippen molar-refractivity contribution in [2.75, 3.05) is 10.6 Å². The number of nitrogens with one attached hydrogen (secondary N) is 3. The quantitative estimate of drug-likeness (QED) is 0.0824. The summed E-state index contributed by atoms with van der Waals surface area (Å²) in [5, 5.41) is 35.0. The van der Waals surface area contributed by atoms with Crippen LogP contribution in [0.25, 0.3) is 20.4 Å². The molecule has 2 atom stereocenters. The van der Waals surface area contributed by atoms with Gasteiger partial charge in [0, 0.05) is 28.3 Å². The molecule has 60 heavy (non-hydrogen) atoms. The highest BCUT2D eigenvalue weighted by atomic mass is 32.1. The Morgan fingerprint density at radius 2 is 1.28 bits per heavy atom. The monoisotopic (exact) mass is 868 g/mol. The van der Waals surface area contributed by atoms with Crippen LogP contribution in [0.4, 0.5) is 29.6 Å². The smallest absolute Gasteiger partial charge is 0.475 e. The number of thiophene rings is 2. The van der Waals surface area contributed by atoms with Gasteiger partial charge in [-0.1, -0.05) is 0 Å². The van der Waals surface area contributed by atoms with Crippen LogP contribution in [0.15, 0.2) is 45.6 Å². The van der Waals surface area contributed by atoms with Gasteiger partial charge in [-0.15, -0.1) is 22.7 Å². The van der Waals surface area contributed by atoms with Crippen molar-refractivity contribution in [2.45, 2.75) is 98.3 Å². The number of alkyl carbamates (subject to hydrolysis) is 1. The molecule has 6 rings (SSSR count). The third-order valence-corrected chi connectivity index (χ3v) is 10.6. The van der Waals surface area contributed by atoms with Crippen molar-refractivity contribution in [3.63, 3.8) is 0 Å². The van der Waals surface area contributed by atoms with Gasteiger partial charge in [-0.05, 0) is 90.3 Å². The molecule has 0 aliphatic heterocycles. The number of nitriles is 2. The predicted octanol–water partition coefficient (Wildman–Crippen LogP) is 8.13. The van der Waals surface area contributed by atoms with Gasteiger partial charge in [0.1, 0.15) is 40.9 Å². The van der Waals surface area contributed by atoms with E-state index in [4.69, 9.17) is 29.2 Å². The Balaban J connectivity index is 0.000000234. The van der Waals surface area contributed by atoms with E-state index in [-0.39, 0.29) is 23.7 Å². The number of rotatable bonds is 11. The normalized spacial score (nSPS) is 12.2. The van der Waals surface area contributed by atoms with Crippen LogP contribution in [0.3, 0.4) is 0 Å². The second-order valence-electron chi connectivity index (χ2n) is 14.3. The van der Waals surface area contributed by atoms with Gasteiger partial charge in [0.05, 0.1) is 46.0 Å². The van der Waals surface area contributed by atoms with E-state index in [0.29, 0.717) is 31.1 Å². The first kappa shape index (κ1) is 46.4. The number of aromatic nitrogens is 4. The van der Waals surface area contributed by atoms with Gasteiger partial charge in [-0.25, -0.2) is 29.5 Å². The summed E-state index contributed by atoms with van der Waals surface area (Å²) in [5.74, 6) is 0.340. The fourth-order valence-electron chi connectivity index (χ4n) is 5.29. The van der Waals surface area contributed by atoms with E-state index < -0.39 is 23.8 Å². The lowest BCUT2D eigenvalue weighted by molar-refractivity contribution is -0.192. The fourth-order valence-corrected chi connectivity index (χ4v) is 7.99. The van der Waals surface area contributed by atoms with Crippen LogP contribution in [0, 0.1) is 36.5 Å². The number of carboxylic acids is 1. The predicted molar refractivity (Wildman–Crippen MR) is 219 cm³/mol. The molecule has 0 spiro atoms. The lowest BCUT2D eigenvalue weighted by Gasteiger charge is -2.21. The summed E-state index contributed by atoms with van der Waals surface area (Å²) in [6.45, 7) is 14.3. The van der Waals surface area contributed by atoms with E-state index in [1.165, 1.54) is 4.88 Å². The largest absolute Gasteiger partial charge is 0.490 e. The summed E-state index contributed by atoms with van der Waals surface area (Å²) in [5.41, 5.74) is 8.99. The maximum Gasteiger partial charge on any atom is 0.490 e. The third-order valence-electron chi connectivity index (χ3n) is 7.95. The highest BCUT2D eigenvalue weighted by Gasteiger charge is 2.38. The molecular weight excluding hydrogens is 826 g/mol. The van der Waals surface area contributed by atoms with Crippen molar-refractivity contribution < 1.29 is 41.4 Å². The molecule has 21 heteroatoms. The first-order chi connectivity index (χ1) is 28.2. The van der Waals surface area contributed by atoms with E-state index in [1.807, 2.05) is 84.9 Å². The summed E-state index contributed by atoms with van der Waals surface area (Å²) in [7, 11) is 0. The number of ether oxygens (including phenoxy) is 1. The molecule has 1 amide bonds. The molecule has 0 bridgehead atoms. The molecule has 318 valence electrons. The van der Waals surface area contributed by atoms with Gasteiger partial charge in [0.15, 0.2) is 0 Å². The number of halogens is 3. The molecule has 0 aliphatic carbocycles. The maximum absolute atomic E-state index is 12.0. The first-order valence-corrected chi connectivity index (χ1v) is 19.8. The lowest BCUT2D eigenvalue weighted by atomic mass is 10.1. The van der Waals surface area contributed by atoms with Crippen molar-refractivity contribution in [2.24, 2.45) is 5.73 Å². The number of hydrogen-bond acceptors (Lipinski definition) is 16. The second-order valence-corrected chi connectivity index (χ2v) is 16.5. The van der Waals surface area contributed by atoms with Crippen LogP contribution in [0.2, 0.25) is 0 Å². The van der Waals surface area contributed by atoms with Crippen molar-refractivity contribution in [1.82, 2.24) is 25.3 Å². The van der Waals surface area contributed by atoms with E-state index in [1.54, 1.807) is 35.2 Å². The average Bonchev–Trinajstić information content (AvgIpc) is 3.99. The van der Waals surface area contributed by atoms with Gasteiger partial charge in [-0.3, -0.25) is 0 Å². The number of hydrogen-bond donors (Lipinski definition) is 5. The number of amides is 1. The minimum Gasteiger partial charge on any atom is -0.475 e. The summed E-state index contributed by atoms with van der Waals surface area (Å²) in [4.78, 5) is 40.6. The van der Waals surface area contributed by atoms with Gasteiger partial charge < -0.3 is 40.4 Å². The SMILES string of the molecule is Cc1c(CC(C)N)sc2c(NCc3ccco3)nc(C#N)nc12.Cc1c(CC(C)NC(=O)OC(C)(C)C)sc2c(NCc3ccco3)nc(C#N)nc12.O=C(O)C(F)(F)F. The zero-order chi connectivity index (χ0) is 44.4. The third kappa shape index (κ3) is 13.1. The topological polar surface area (TPSA) is 251 Å². The Labute approximate surface area is 350 Å². The molecule has 0 saturated heterocycles. The first-order valence-electron chi connectivity index (χ1n) is 18.2. The number of aliphatic carboxylic acids is 1. The van der Waals surface area contributed by atoms with E-state index >= 15 is 0 Å². The molecular formula is C39H43F3N10O6S2. The molecule has 6 aromatic heterocycles. The molecule has 0 radical (unpaired) electrons. The van der Waals surface area contributed by atoms with Crippen molar-refractivity contribution >= 4 is 66.8 Å². The Hall–Kier alpha value is -6.29. The number of carboxylic acid groups (broad SMARTS) is 1. The highest BCUT2D eigenvalue weighted by Crippen LogP contribution is 2.36. The van der Waals surface area contributed by atoms with Crippen LogP contribution in [-0.2, 0) is 35.5 Å². The van der Waals surface area contributed by atoms with E-state index in [2.05, 4.69) is 35.9 Å². The molecule has 6 N–H and O–H groups in total. The Kier molecular flexibility index (Phi) is 15.6. The molecule has 0 saturated carbocycles. The van der Waals surface area contributed by atoms with E-state index in [0.717, 1.165) is 54.4 Å². The number of nitrogens with two attached hydrogens (primary N) is 1. The second kappa shape index (κ2) is 20.1. The number of anilines is 2. The van der Waals surface area contributed by atoms with Crippen LogP contribution < -0.4 is 21.7 Å². The minimum atomic E-state index is -5.08. The molecule has 6 heterocycles. The van der Waals surface area contributed by atoms with Crippen molar-refractivity contribution in [3.05, 3.63) is 80.8 Å². The van der Waals surface area contributed by atoms with Crippen LogP contribution in [0.5, 0.6) is 0 Å². The Morgan fingerprint density at radius 3 is 1.63 bits per heavy atom. The standard InChI is InChI=1S/C21H25N5O3S.C16H17N5OS.C2HF3O2/c1-12(24-20(27)29-21(3,4)5)9-15-13(2)17-18(30-15)19(26-16(10-22)25-17)23-11-14-7-6-8-28-14;1-9(18)6-12-10(2)14-15(23-12)16(21-13(7-17)20-14)19-8-11-4-3-5-22-11;3-2(4,5)1(6)7/h6-8,12H,9,11H2,1-5H3,(H,24,27)(H,23,25,26);3-5,9H,6,8,18H2,1-2H3,(H,19,20,21);(H,6,7). The number of aryl methyl sites for hydroxylation is 2. The van der Waals surface area contributed by atoms with Gasteiger partial charge in [0.2, 0.25) is 11.6 Å². The zero-order valence-electron chi connectivity index (χ0n) is 33.6. The van der Waals surface area contributed by atoms with E-state index in [9.17, 15) is 28.5 Å². The minimum absolute atomic E-state index is 0.0738. The number of carbonyl (C=O) groups excluding carboxylic acids is 1. The fraction of sp³-hybridized carbons (Fsp3) is 0.385. The average molecular weight is 869 g/mol. The number of nitrogens with zero attached hydrogens (tertiary/aromatic N) is 6. The van der Waals surface area contributed by atoms with Crippen molar-refractivity contribution in [3.8, 4) is 12.1 Å². The van der Waals surface area contributed by atoms with Crippen LogP contribution >= 0.6 is 22.7 Å². The number of fused-ring (bicyclic) bond motifs is 2. The summed E-state index contributed by atoms with van der Waals surface area (Å²) in [6.07, 6.45) is -0.887. The van der Waals surface area contributed by atoms with Gasteiger partial charge in [0.25, 0.3) is 0 Å². The number of alkyl halides is 3. The molecule has 2 unspecified atom stereocenters. The van der Waals surface area contributed by atoms with Gasteiger partial charge >= 0.3 is 18.2 Å². The van der Waals surface area contributed by atoms with Gasteiger partial charge in [-0.2, -0.15) is 23.7 Å². The number of carbonyl (C=O) groups is 2. The molecule has 0 aliphatic rings. The number of furan rings is 2. The summed E-state index contributed by atoms with van der Waals surface area (Å²) >= 11 is 3.18. The zero-order valence-corrected chi connectivity index (χ0v) is 35.3. The molecule has 6 aromatic rings. The Morgan fingerprint density at radius 1 is 0.850 bits per heavy atom. The highest BCUT2D eigenvalue weighted by molar-refractivity contribution is 7.20. The Bertz CT molecular complexity index is 2480. The van der Waals surface area contributed by atoms with Crippen molar-refractivity contribution in [1.29, 1.82) is 10.5 Å². The summed E-state index contributed by atoms with van der Waals surface area (Å²) in [6, 6.07) is 11.4. The molecule has 0 fully saturated rings. The van der Waals surface area contributed by atoms with Crippen LogP contribution in [-0.4, -0.2) is 61.0 Å². The molecule has 16 nitrogen and oxygen atoms in total. The van der Waals surface area contributed by atoms with Crippen LogP contribution in [0.1, 0.15) is 78.7 Å². The maximum atomic E-state index is 12.0. The summed E-state index contributed by atoms with van der Waals surface area (Å²) < 4.78 is 49.6. The molecule has 0 aromatic carbocycles.